The monoisotopic (exact) mass is 362 g/mol. The van der Waals surface area contributed by atoms with Crippen LogP contribution in [0.15, 0.2) is 47.6 Å². The van der Waals surface area contributed by atoms with Crippen molar-refractivity contribution in [3.8, 4) is 6.07 Å². The maximum absolute atomic E-state index is 13.1. The number of aromatic nitrogens is 1. The van der Waals surface area contributed by atoms with E-state index in [0.717, 1.165) is 5.56 Å². The Morgan fingerprint density at radius 3 is 2.88 bits per heavy atom. The zero-order valence-corrected chi connectivity index (χ0v) is 14.3. The van der Waals surface area contributed by atoms with Crippen molar-refractivity contribution < 1.29 is 8.42 Å². The second-order valence-corrected chi connectivity index (χ2v) is 7.67. The number of piperazine rings is 1. The second-order valence-electron chi connectivity index (χ2n) is 5.38. The number of benzene rings is 1. The Bertz CT molecular complexity index is 881. The third-order valence-electron chi connectivity index (χ3n) is 3.93. The summed E-state index contributed by atoms with van der Waals surface area (Å²) in [7, 11) is -3.74. The Hall–Kier alpha value is -1.98. The molecule has 2 aromatic rings. The summed E-state index contributed by atoms with van der Waals surface area (Å²) in [4.78, 5) is 4.16. The van der Waals surface area contributed by atoms with Gasteiger partial charge in [-0.2, -0.15) is 9.57 Å². The highest BCUT2D eigenvalue weighted by Crippen LogP contribution is 2.30. The van der Waals surface area contributed by atoms with Crippen LogP contribution in [0.2, 0.25) is 5.02 Å². The summed E-state index contributed by atoms with van der Waals surface area (Å²) in [5, 5.41) is 12.3. The van der Waals surface area contributed by atoms with Crippen molar-refractivity contribution in [1.29, 1.82) is 5.26 Å². The van der Waals surface area contributed by atoms with Gasteiger partial charge in [-0.1, -0.05) is 17.7 Å². The zero-order valence-electron chi connectivity index (χ0n) is 12.7. The molecule has 1 aliphatic rings. The number of pyridine rings is 1. The van der Waals surface area contributed by atoms with Crippen molar-refractivity contribution in [2.24, 2.45) is 0 Å². The Morgan fingerprint density at radius 1 is 1.38 bits per heavy atom. The summed E-state index contributed by atoms with van der Waals surface area (Å²) in [6.07, 6.45) is 3.32. The molecule has 1 unspecified atom stereocenters. The number of halogens is 1. The third-order valence-corrected chi connectivity index (χ3v) is 6.15. The molecule has 1 atom stereocenters. The fourth-order valence-electron chi connectivity index (χ4n) is 2.71. The normalized spacial score (nSPS) is 18.9. The predicted octanol–water partition coefficient (Wildman–Crippen LogP) is 1.94. The van der Waals surface area contributed by atoms with Gasteiger partial charge in [0.15, 0.2) is 0 Å². The van der Waals surface area contributed by atoms with Gasteiger partial charge in [0, 0.05) is 32.0 Å². The average molecular weight is 363 g/mol. The lowest BCUT2D eigenvalue weighted by Gasteiger charge is -2.35. The van der Waals surface area contributed by atoms with Gasteiger partial charge in [0.1, 0.15) is 6.07 Å². The van der Waals surface area contributed by atoms with Gasteiger partial charge in [0.25, 0.3) is 0 Å². The van der Waals surface area contributed by atoms with E-state index in [4.69, 9.17) is 16.9 Å². The molecule has 124 valence electrons. The van der Waals surface area contributed by atoms with E-state index in [1.807, 2.05) is 12.1 Å². The highest BCUT2D eigenvalue weighted by atomic mass is 35.5. The first-order chi connectivity index (χ1) is 11.5. The van der Waals surface area contributed by atoms with Crippen LogP contribution in [0.5, 0.6) is 0 Å². The molecule has 24 heavy (non-hydrogen) atoms. The lowest BCUT2D eigenvalue weighted by molar-refractivity contribution is 0.271. The topological polar surface area (TPSA) is 86.1 Å². The van der Waals surface area contributed by atoms with Gasteiger partial charge in [-0.3, -0.25) is 4.98 Å². The number of nitriles is 1. The van der Waals surface area contributed by atoms with E-state index in [-0.39, 0.29) is 21.5 Å². The van der Waals surface area contributed by atoms with Crippen molar-refractivity contribution in [2.45, 2.75) is 10.9 Å². The molecule has 0 spiro atoms. The third kappa shape index (κ3) is 3.14. The van der Waals surface area contributed by atoms with Gasteiger partial charge in [0.2, 0.25) is 10.0 Å². The van der Waals surface area contributed by atoms with Crippen molar-refractivity contribution in [3.63, 3.8) is 0 Å². The van der Waals surface area contributed by atoms with Crippen LogP contribution in [0.1, 0.15) is 17.2 Å². The van der Waals surface area contributed by atoms with Crippen LogP contribution >= 0.6 is 11.6 Å². The smallest absolute Gasteiger partial charge is 0.243 e. The molecule has 0 amide bonds. The minimum Gasteiger partial charge on any atom is -0.313 e. The largest absolute Gasteiger partial charge is 0.313 e. The number of hydrogen-bond donors (Lipinski definition) is 1. The van der Waals surface area contributed by atoms with Crippen molar-refractivity contribution in [2.75, 3.05) is 19.6 Å². The summed E-state index contributed by atoms with van der Waals surface area (Å²) in [5.41, 5.74) is 1.08. The number of hydrogen-bond acceptors (Lipinski definition) is 5. The van der Waals surface area contributed by atoms with Gasteiger partial charge in [0.05, 0.1) is 21.5 Å². The van der Waals surface area contributed by atoms with Crippen LogP contribution in [0, 0.1) is 11.3 Å². The molecule has 0 saturated carbocycles. The SMILES string of the molecule is N#Cc1ccc(S(=O)(=O)N2CCNCC2c2cccnc2)cc1Cl. The van der Waals surface area contributed by atoms with Gasteiger partial charge in [-0.15, -0.1) is 0 Å². The van der Waals surface area contributed by atoms with Crippen LogP contribution in [0.25, 0.3) is 0 Å². The number of sulfonamides is 1. The van der Waals surface area contributed by atoms with Crippen LogP contribution < -0.4 is 5.32 Å². The maximum Gasteiger partial charge on any atom is 0.243 e. The quantitative estimate of drug-likeness (QED) is 0.901. The van der Waals surface area contributed by atoms with Crippen LogP contribution in [-0.4, -0.2) is 37.3 Å². The van der Waals surface area contributed by atoms with Crippen molar-refractivity contribution >= 4 is 21.6 Å². The fraction of sp³-hybridized carbons (Fsp3) is 0.250. The van der Waals surface area contributed by atoms with Crippen molar-refractivity contribution in [1.82, 2.24) is 14.6 Å². The molecule has 1 N–H and O–H groups in total. The molecule has 0 bridgehead atoms. The zero-order chi connectivity index (χ0) is 17.2. The summed E-state index contributed by atoms with van der Waals surface area (Å²) in [6.45, 7) is 1.43. The van der Waals surface area contributed by atoms with Gasteiger partial charge in [-0.05, 0) is 29.8 Å². The molecular formula is C16H15ClN4O2S. The Morgan fingerprint density at radius 2 is 2.21 bits per heavy atom. The van der Waals surface area contributed by atoms with E-state index in [9.17, 15) is 8.42 Å². The van der Waals surface area contributed by atoms with Gasteiger partial charge >= 0.3 is 0 Å². The molecular weight excluding hydrogens is 348 g/mol. The van der Waals surface area contributed by atoms with Gasteiger partial charge < -0.3 is 5.32 Å². The summed E-state index contributed by atoms with van der Waals surface area (Å²) in [5.74, 6) is 0. The molecule has 1 saturated heterocycles. The summed E-state index contributed by atoms with van der Waals surface area (Å²) in [6, 6.07) is 9.41. The molecule has 1 aromatic heterocycles. The number of rotatable bonds is 3. The van der Waals surface area contributed by atoms with Crippen LogP contribution in [-0.2, 0) is 10.0 Å². The average Bonchev–Trinajstić information content (AvgIpc) is 2.62. The highest BCUT2D eigenvalue weighted by molar-refractivity contribution is 7.89. The van der Waals surface area contributed by atoms with Crippen molar-refractivity contribution in [3.05, 3.63) is 58.9 Å². The first-order valence-corrected chi connectivity index (χ1v) is 9.18. The molecule has 1 aliphatic heterocycles. The minimum atomic E-state index is -3.74. The fourth-order valence-corrected chi connectivity index (χ4v) is 4.64. The molecule has 3 rings (SSSR count). The number of nitrogens with zero attached hydrogens (tertiary/aromatic N) is 3. The van der Waals surface area contributed by atoms with E-state index in [1.165, 1.54) is 22.5 Å². The summed E-state index contributed by atoms with van der Waals surface area (Å²) < 4.78 is 27.6. The second kappa shape index (κ2) is 6.87. The molecule has 0 aliphatic carbocycles. The first kappa shape index (κ1) is 16.9. The molecule has 1 fully saturated rings. The Balaban J connectivity index is 2.01. The molecule has 6 nitrogen and oxygen atoms in total. The standard InChI is InChI=1S/C16H15ClN4O2S/c17-15-8-14(4-3-12(15)9-18)24(22,23)21-7-6-20-11-16(21)13-2-1-5-19-10-13/h1-5,8,10,16,20H,6-7,11H2. The minimum absolute atomic E-state index is 0.0855. The highest BCUT2D eigenvalue weighted by Gasteiger charge is 2.34. The predicted molar refractivity (Wildman–Crippen MR) is 89.9 cm³/mol. The van der Waals surface area contributed by atoms with Crippen LogP contribution in [0.3, 0.4) is 0 Å². The molecule has 8 heteroatoms. The van der Waals surface area contributed by atoms with E-state index in [2.05, 4.69) is 10.3 Å². The number of nitrogens with one attached hydrogen (secondary N) is 1. The van der Waals surface area contributed by atoms with E-state index >= 15 is 0 Å². The molecule has 1 aromatic carbocycles. The molecule has 2 heterocycles. The Labute approximate surface area is 145 Å². The lowest BCUT2D eigenvalue weighted by atomic mass is 10.1. The first-order valence-electron chi connectivity index (χ1n) is 7.36. The van der Waals surface area contributed by atoms with E-state index in [0.29, 0.717) is 19.6 Å². The molecule has 0 radical (unpaired) electrons. The van der Waals surface area contributed by atoms with Crippen LogP contribution in [0.4, 0.5) is 0 Å². The Kier molecular flexibility index (Phi) is 4.83. The van der Waals surface area contributed by atoms with E-state index in [1.54, 1.807) is 18.5 Å². The summed E-state index contributed by atoms with van der Waals surface area (Å²) >= 11 is 6.00. The van der Waals surface area contributed by atoms with Gasteiger partial charge in [-0.25, -0.2) is 8.42 Å². The maximum atomic E-state index is 13.1. The van der Waals surface area contributed by atoms with E-state index < -0.39 is 10.0 Å². The lowest BCUT2D eigenvalue weighted by Crippen LogP contribution is -2.48.